The van der Waals surface area contributed by atoms with E-state index >= 15 is 0 Å². The molecule has 4 nitrogen and oxygen atoms in total. The van der Waals surface area contributed by atoms with Crippen molar-refractivity contribution in [3.63, 3.8) is 0 Å². The van der Waals surface area contributed by atoms with Crippen LogP contribution in [0, 0.1) is 13.8 Å². The Morgan fingerprint density at radius 2 is 2.11 bits per heavy atom. The van der Waals surface area contributed by atoms with Crippen molar-refractivity contribution in [1.82, 2.24) is 5.01 Å². The molecule has 5 heteroatoms. The number of hydrogen-bond donors (Lipinski definition) is 1. The lowest BCUT2D eigenvalue weighted by molar-refractivity contribution is 0.221. The molecule has 0 spiro atoms. The number of thioether (sulfide) groups is 1. The predicted octanol–water partition coefficient (Wildman–Crippen LogP) is 2.42. The zero-order valence-electron chi connectivity index (χ0n) is 11.1. The molecule has 2 amide bonds. The van der Waals surface area contributed by atoms with Gasteiger partial charge in [0.05, 0.1) is 17.9 Å². The van der Waals surface area contributed by atoms with E-state index < -0.39 is 6.03 Å². The van der Waals surface area contributed by atoms with Crippen molar-refractivity contribution < 1.29 is 4.79 Å². The Labute approximate surface area is 117 Å². The minimum absolute atomic E-state index is 0.396. The fourth-order valence-corrected chi connectivity index (χ4v) is 3.87. The quantitative estimate of drug-likeness (QED) is 0.856. The summed E-state index contributed by atoms with van der Waals surface area (Å²) in [5.74, 6) is 1.88. The molecule has 0 bridgehead atoms. The molecule has 0 radical (unpaired) electrons. The van der Waals surface area contributed by atoms with Crippen LogP contribution < -0.4 is 10.7 Å². The zero-order chi connectivity index (χ0) is 13.6. The van der Waals surface area contributed by atoms with E-state index in [0.29, 0.717) is 0 Å². The third-order valence-corrected chi connectivity index (χ3v) is 4.63. The number of carbonyl (C=O) groups is 1. The van der Waals surface area contributed by atoms with Crippen LogP contribution in [-0.2, 0) is 0 Å². The largest absolute Gasteiger partial charge is 0.350 e. The summed E-state index contributed by atoms with van der Waals surface area (Å²) in [7, 11) is 0. The summed E-state index contributed by atoms with van der Waals surface area (Å²) in [5, 5.41) is 3.65. The number of anilines is 1. The molecule has 2 N–H and O–H groups in total. The molecule has 100 valence electrons. The molecule has 2 heterocycles. The Kier molecular flexibility index (Phi) is 2.93. The summed E-state index contributed by atoms with van der Waals surface area (Å²) in [6.07, 6.45) is 0. The molecule has 0 saturated heterocycles. The van der Waals surface area contributed by atoms with Gasteiger partial charge in [-0.2, -0.15) is 11.8 Å². The maximum atomic E-state index is 11.8. The van der Waals surface area contributed by atoms with Crippen LogP contribution in [0.5, 0.6) is 0 Å². The third-order valence-electron chi connectivity index (χ3n) is 3.60. The first-order chi connectivity index (χ1) is 9.08. The molecule has 2 aliphatic rings. The average Bonchev–Trinajstić information content (AvgIpc) is 2.87. The molecule has 0 aliphatic carbocycles. The molecule has 19 heavy (non-hydrogen) atoms. The van der Waals surface area contributed by atoms with Crippen molar-refractivity contribution in [2.75, 3.05) is 23.1 Å². The van der Waals surface area contributed by atoms with Gasteiger partial charge in [0.15, 0.2) is 0 Å². The van der Waals surface area contributed by atoms with Crippen LogP contribution in [0.3, 0.4) is 0 Å². The number of aryl methyl sites for hydroxylation is 2. The van der Waals surface area contributed by atoms with Gasteiger partial charge in [-0.3, -0.25) is 5.01 Å². The third kappa shape index (κ3) is 1.98. The van der Waals surface area contributed by atoms with E-state index in [1.54, 1.807) is 5.01 Å². The van der Waals surface area contributed by atoms with Gasteiger partial charge in [-0.05, 0) is 31.1 Å². The summed E-state index contributed by atoms with van der Waals surface area (Å²) in [4.78, 5) is 11.8. The summed E-state index contributed by atoms with van der Waals surface area (Å²) in [6.45, 7) is 4.91. The summed E-state index contributed by atoms with van der Waals surface area (Å²) in [5.41, 5.74) is 11.4. The van der Waals surface area contributed by atoms with E-state index in [2.05, 4.69) is 32.0 Å². The van der Waals surface area contributed by atoms with Crippen LogP contribution in [0.25, 0.3) is 0 Å². The average molecular weight is 275 g/mol. The second-order valence-electron chi connectivity index (χ2n) is 5.04. The van der Waals surface area contributed by atoms with Crippen molar-refractivity contribution in [3.8, 4) is 0 Å². The van der Waals surface area contributed by atoms with E-state index in [1.165, 1.54) is 16.7 Å². The number of nitrogens with two attached hydrogens (primary N) is 1. The number of amides is 2. The van der Waals surface area contributed by atoms with Gasteiger partial charge in [-0.25, -0.2) is 9.80 Å². The van der Waals surface area contributed by atoms with E-state index in [9.17, 15) is 4.79 Å². The Hall–Kier alpha value is -1.62. The number of benzene rings is 1. The summed E-state index contributed by atoms with van der Waals surface area (Å²) >= 11 is 1.84. The predicted molar refractivity (Wildman–Crippen MR) is 79.0 cm³/mol. The lowest BCUT2D eigenvalue weighted by atomic mass is 10.1. The van der Waals surface area contributed by atoms with Gasteiger partial charge >= 0.3 is 6.03 Å². The minimum Gasteiger partial charge on any atom is -0.350 e. The molecule has 0 unspecified atom stereocenters. The van der Waals surface area contributed by atoms with Gasteiger partial charge in [0.25, 0.3) is 0 Å². The van der Waals surface area contributed by atoms with E-state index in [-0.39, 0.29) is 0 Å². The number of primary amides is 1. The molecule has 0 fully saturated rings. The maximum absolute atomic E-state index is 11.8. The van der Waals surface area contributed by atoms with Gasteiger partial charge in [0, 0.05) is 11.5 Å². The highest BCUT2D eigenvalue weighted by molar-refractivity contribution is 7.99. The summed E-state index contributed by atoms with van der Waals surface area (Å²) in [6, 6.07) is 5.87. The fourth-order valence-electron chi connectivity index (χ4n) is 2.74. The minimum atomic E-state index is -0.396. The monoisotopic (exact) mass is 275 g/mol. The second-order valence-corrected chi connectivity index (χ2v) is 6.03. The Bertz CT molecular complexity index is 582. The molecule has 0 aromatic heterocycles. The van der Waals surface area contributed by atoms with Crippen LogP contribution in [0.2, 0.25) is 0 Å². The van der Waals surface area contributed by atoms with Crippen LogP contribution in [0.4, 0.5) is 10.5 Å². The maximum Gasteiger partial charge on any atom is 0.338 e. The Morgan fingerprint density at radius 1 is 1.32 bits per heavy atom. The Balaban J connectivity index is 1.99. The van der Waals surface area contributed by atoms with Gasteiger partial charge in [0.2, 0.25) is 0 Å². The van der Waals surface area contributed by atoms with E-state index in [1.807, 2.05) is 16.8 Å². The van der Waals surface area contributed by atoms with Crippen LogP contribution in [0.1, 0.15) is 11.1 Å². The molecular formula is C14H17N3OS. The van der Waals surface area contributed by atoms with Gasteiger partial charge < -0.3 is 5.73 Å². The van der Waals surface area contributed by atoms with Crippen LogP contribution in [-0.4, -0.2) is 29.1 Å². The number of hydrogen-bond acceptors (Lipinski definition) is 3. The fraction of sp³-hybridized carbons (Fsp3) is 0.357. The standard InChI is InChI=1S/C14H17N3OS/c1-9-3-4-12(10(2)5-9)16-6-11-7-19-8-13(11)17(16)14(15)18/h3-5H,6-8H2,1-2H3,(H2,15,18). The van der Waals surface area contributed by atoms with Crippen molar-refractivity contribution in [2.24, 2.45) is 5.73 Å². The molecule has 0 atom stereocenters. The topological polar surface area (TPSA) is 49.6 Å². The van der Waals surface area contributed by atoms with Gasteiger partial charge in [0.1, 0.15) is 0 Å². The molecule has 3 rings (SSSR count). The molecule has 1 aromatic rings. The van der Waals surface area contributed by atoms with Gasteiger partial charge in [-0.15, -0.1) is 0 Å². The number of nitrogens with zero attached hydrogens (tertiary/aromatic N) is 2. The van der Waals surface area contributed by atoms with E-state index in [0.717, 1.165) is 29.4 Å². The van der Waals surface area contributed by atoms with E-state index in [4.69, 9.17) is 5.73 Å². The lowest BCUT2D eigenvalue weighted by Gasteiger charge is -2.32. The smallest absolute Gasteiger partial charge is 0.338 e. The number of rotatable bonds is 1. The molecular weight excluding hydrogens is 258 g/mol. The molecule has 0 saturated carbocycles. The van der Waals surface area contributed by atoms with Crippen molar-refractivity contribution in [1.29, 1.82) is 0 Å². The highest BCUT2D eigenvalue weighted by atomic mass is 32.2. The first-order valence-electron chi connectivity index (χ1n) is 6.31. The van der Waals surface area contributed by atoms with Crippen LogP contribution >= 0.6 is 11.8 Å². The number of carbonyl (C=O) groups excluding carboxylic acids is 1. The highest BCUT2D eigenvalue weighted by Gasteiger charge is 2.36. The van der Waals surface area contributed by atoms with Crippen molar-refractivity contribution in [3.05, 3.63) is 40.6 Å². The number of hydrazine groups is 1. The molecule has 2 aliphatic heterocycles. The highest BCUT2D eigenvalue weighted by Crippen LogP contribution is 2.37. The second kappa shape index (κ2) is 4.49. The zero-order valence-corrected chi connectivity index (χ0v) is 12.0. The Morgan fingerprint density at radius 3 is 2.79 bits per heavy atom. The first-order valence-corrected chi connectivity index (χ1v) is 7.46. The van der Waals surface area contributed by atoms with Gasteiger partial charge in [-0.1, -0.05) is 17.7 Å². The van der Waals surface area contributed by atoms with Crippen LogP contribution in [0.15, 0.2) is 29.5 Å². The SMILES string of the molecule is Cc1ccc(N2CC3=C(CSC3)N2C(N)=O)c(C)c1. The summed E-state index contributed by atoms with van der Waals surface area (Å²) < 4.78 is 0. The first kappa shape index (κ1) is 12.4. The lowest BCUT2D eigenvalue weighted by Crippen LogP contribution is -2.46. The normalized spacial score (nSPS) is 18.2. The van der Waals surface area contributed by atoms with Crippen molar-refractivity contribution in [2.45, 2.75) is 13.8 Å². The number of urea groups is 1. The van der Waals surface area contributed by atoms with Crippen molar-refractivity contribution >= 4 is 23.5 Å². The molecule has 1 aromatic carbocycles.